The molecule has 2 aliphatic carbocycles. The number of nitrogens with one attached hydrogen (secondary N) is 1. The minimum Gasteiger partial charge on any atom is -0.352 e. The number of hydrogen-bond acceptors (Lipinski definition) is 2. The fourth-order valence-electron chi connectivity index (χ4n) is 3.83. The third-order valence-electron chi connectivity index (χ3n) is 5.00. The summed E-state index contributed by atoms with van der Waals surface area (Å²) in [5.74, 6) is 0.248. The molecular weight excluding hydrogens is 248 g/mol. The van der Waals surface area contributed by atoms with Crippen molar-refractivity contribution in [1.82, 2.24) is 10.2 Å². The van der Waals surface area contributed by atoms with Gasteiger partial charge in [-0.05, 0) is 39.5 Å². The Morgan fingerprint density at radius 3 is 2.10 bits per heavy atom. The van der Waals surface area contributed by atoms with Crippen LogP contribution in [-0.4, -0.2) is 35.5 Å². The zero-order valence-electron chi connectivity index (χ0n) is 13.4. The molecule has 0 bridgehead atoms. The standard InChI is InChI=1S/C17H32N2O/c1-14(2)19(16-11-7-8-12-16)13-17(20)18-15-9-5-3-4-6-10-15/h14-16H,3-13H2,1-2H3,(H,18,20). The van der Waals surface area contributed by atoms with E-state index in [4.69, 9.17) is 0 Å². The van der Waals surface area contributed by atoms with Crippen LogP contribution >= 0.6 is 0 Å². The van der Waals surface area contributed by atoms with Crippen molar-refractivity contribution in [1.29, 1.82) is 0 Å². The molecule has 0 aromatic rings. The summed E-state index contributed by atoms with van der Waals surface area (Å²) in [6.07, 6.45) is 12.8. The van der Waals surface area contributed by atoms with Gasteiger partial charge in [-0.2, -0.15) is 0 Å². The van der Waals surface area contributed by atoms with Crippen molar-refractivity contribution in [2.75, 3.05) is 6.54 Å². The second kappa shape index (κ2) is 8.02. The number of nitrogens with zero attached hydrogens (tertiary/aromatic N) is 1. The number of rotatable bonds is 5. The molecule has 2 fully saturated rings. The minimum absolute atomic E-state index is 0.248. The van der Waals surface area contributed by atoms with E-state index in [0.29, 0.717) is 24.7 Å². The van der Waals surface area contributed by atoms with Crippen molar-refractivity contribution in [3.63, 3.8) is 0 Å². The molecule has 1 amide bonds. The number of carbonyl (C=O) groups excluding carboxylic acids is 1. The van der Waals surface area contributed by atoms with Gasteiger partial charge in [0.25, 0.3) is 0 Å². The lowest BCUT2D eigenvalue weighted by Gasteiger charge is -2.32. The van der Waals surface area contributed by atoms with Crippen LogP contribution in [0.15, 0.2) is 0 Å². The van der Waals surface area contributed by atoms with E-state index in [1.807, 2.05) is 0 Å². The van der Waals surface area contributed by atoms with Gasteiger partial charge < -0.3 is 5.32 Å². The van der Waals surface area contributed by atoms with E-state index in [1.165, 1.54) is 64.2 Å². The van der Waals surface area contributed by atoms with Gasteiger partial charge in [0.15, 0.2) is 0 Å². The van der Waals surface area contributed by atoms with Crippen molar-refractivity contribution in [2.45, 2.75) is 96.2 Å². The number of carbonyl (C=O) groups is 1. The molecule has 0 saturated heterocycles. The Morgan fingerprint density at radius 1 is 1.00 bits per heavy atom. The van der Waals surface area contributed by atoms with Gasteiger partial charge in [0, 0.05) is 18.1 Å². The van der Waals surface area contributed by atoms with Crippen LogP contribution in [0.1, 0.15) is 78.1 Å². The lowest BCUT2D eigenvalue weighted by molar-refractivity contribution is -0.124. The Labute approximate surface area is 124 Å². The molecule has 116 valence electrons. The Kier molecular flexibility index (Phi) is 6.34. The summed E-state index contributed by atoms with van der Waals surface area (Å²) < 4.78 is 0. The third-order valence-corrected chi connectivity index (χ3v) is 5.00. The van der Waals surface area contributed by atoms with Crippen LogP contribution in [0.3, 0.4) is 0 Å². The maximum Gasteiger partial charge on any atom is 0.234 e. The SMILES string of the molecule is CC(C)N(CC(=O)NC1CCCCCC1)C1CCCC1. The Hall–Kier alpha value is -0.570. The van der Waals surface area contributed by atoms with Crippen LogP contribution in [0.4, 0.5) is 0 Å². The summed E-state index contributed by atoms with van der Waals surface area (Å²) >= 11 is 0. The van der Waals surface area contributed by atoms with Crippen molar-refractivity contribution < 1.29 is 4.79 Å². The highest BCUT2D eigenvalue weighted by molar-refractivity contribution is 5.78. The summed E-state index contributed by atoms with van der Waals surface area (Å²) in [4.78, 5) is 14.8. The van der Waals surface area contributed by atoms with E-state index < -0.39 is 0 Å². The predicted molar refractivity (Wildman–Crippen MR) is 83.7 cm³/mol. The van der Waals surface area contributed by atoms with Gasteiger partial charge in [-0.15, -0.1) is 0 Å². The zero-order chi connectivity index (χ0) is 14.4. The molecular formula is C17H32N2O. The Morgan fingerprint density at radius 2 is 1.55 bits per heavy atom. The molecule has 0 aromatic carbocycles. The highest BCUT2D eigenvalue weighted by Gasteiger charge is 2.26. The van der Waals surface area contributed by atoms with Crippen molar-refractivity contribution in [3.8, 4) is 0 Å². The van der Waals surface area contributed by atoms with Gasteiger partial charge >= 0.3 is 0 Å². The van der Waals surface area contributed by atoms with E-state index in [2.05, 4.69) is 24.1 Å². The monoisotopic (exact) mass is 280 g/mol. The normalized spacial score (nSPS) is 22.4. The van der Waals surface area contributed by atoms with E-state index in [1.54, 1.807) is 0 Å². The molecule has 0 spiro atoms. The lowest BCUT2D eigenvalue weighted by atomic mass is 10.1. The first-order valence-corrected chi connectivity index (χ1v) is 8.72. The average Bonchev–Trinajstić information content (AvgIpc) is 2.81. The van der Waals surface area contributed by atoms with Gasteiger partial charge in [-0.1, -0.05) is 38.5 Å². The van der Waals surface area contributed by atoms with E-state index in [-0.39, 0.29) is 5.91 Å². The molecule has 2 rings (SSSR count). The average molecular weight is 280 g/mol. The summed E-state index contributed by atoms with van der Waals surface area (Å²) in [7, 11) is 0. The molecule has 0 aromatic heterocycles. The highest BCUT2D eigenvalue weighted by Crippen LogP contribution is 2.25. The topological polar surface area (TPSA) is 32.3 Å². The van der Waals surface area contributed by atoms with E-state index in [9.17, 15) is 4.79 Å². The van der Waals surface area contributed by atoms with Crippen LogP contribution in [0, 0.1) is 0 Å². The molecule has 0 heterocycles. The molecule has 0 unspecified atom stereocenters. The molecule has 3 nitrogen and oxygen atoms in total. The fraction of sp³-hybridized carbons (Fsp3) is 0.941. The molecule has 0 atom stereocenters. The smallest absolute Gasteiger partial charge is 0.234 e. The first-order chi connectivity index (χ1) is 9.66. The number of amides is 1. The van der Waals surface area contributed by atoms with Gasteiger partial charge in [0.1, 0.15) is 0 Å². The van der Waals surface area contributed by atoms with E-state index >= 15 is 0 Å². The Bertz CT molecular complexity index is 289. The maximum absolute atomic E-state index is 12.3. The van der Waals surface area contributed by atoms with Crippen LogP contribution < -0.4 is 5.32 Å². The van der Waals surface area contributed by atoms with E-state index in [0.717, 1.165) is 0 Å². The first-order valence-electron chi connectivity index (χ1n) is 8.72. The second-order valence-electron chi connectivity index (χ2n) is 6.96. The summed E-state index contributed by atoms with van der Waals surface area (Å²) in [5.41, 5.74) is 0. The maximum atomic E-state index is 12.3. The zero-order valence-corrected chi connectivity index (χ0v) is 13.4. The molecule has 0 aliphatic heterocycles. The lowest BCUT2D eigenvalue weighted by Crippen LogP contribution is -2.47. The van der Waals surface area contributed by atoms with Crippen LogP contribution in [0.5, 0.6) is 0 Å². The summed E-state index contributed by atoms with van der Waals surface area (Å²) in [6.45, 7) is 5.04. The quantitative estimate of drug-likeness (QED) is 0.782. The summed E-state index contributed by atoms with van der Waals surface area (Å²) in [6, 6.07) is 1.54. The second-order valence-corrected chi connectivity index (χ2v) is 6.96. The largest absolute Gasteiger partial charge is 0.352 e. The van der Waals surface area contributed by atoms with Crippen LogP contribution in [0.2, 0.25) is 0 Å². The van der Waals surface area contributed by atoms with Crippen molar-refractivity contribution >= 4 is 5.91 Å². The molecule has 3 heteroatoms. The molecule has 2 aliphatic rings. The van der Waals surface area contributed by atoms with Gasteiger partial charge in [-0.3, -0.25) is 9.69 Å². The third kappa shape index (κ3) is 4.76. The molecule has 1 N–H and O–H groups in total. The highest BCUT2D eigenvalue weighted by atomic mass is 16.2. The van der Waals surface area contributed by atoms with Crippen LogP contribution in [0.25, 0.3) is 0 Å². The van der Waals surface area contributed by atoms with Gasteiger partial charge in [0.05, 0.1) is 6.54 Å². The van der Waals surface area contributed by atoms with Crippen molar-refractivity contribution in [3.05, 3.63) is 0 Å². The minimum atomic E-state index is 0.248. The fourth-order valence-corrected chi connectivity index (χ4v) is 3.83. The Balaban J connectivity index is 1.81. The van der Waals surface area contributed by atoms with Gasteiger partial charge in [-0.25, -0.2) is 0 Å². The van der Waals surface area contributed by atoms with Crippen LogP contribution in [-0.2, 0) is 4.79 Å². The molecule has 2 saturated carbocycles. The summed E-state index contributed by atoms with van der Waals surface area (Å²) in [5, 5.41) is 3.29. The predicted octanol–water partition coefficient (Wildman–Crippen LogP) is 3.48. The molecule has 0 radical (unpaired) electrons. The van der Waals surface area contributed by atoms with Gasteiger partial charge in [0.2, 0.25) is 5.91 Å². The van der Waals surface area contributed by atoms with Crippen molar-refractivity contribution in [2.24, 2.45) is 0 Å². The molecule has 20 heavy (non-hydrogen) atoms. The number of hydrogen-bond donors (Lipinski definition) is 1. The first kappa shape index (κ1) is 15.8.